The zero-order valence-electron chi connectivity index (χ0n) is 16.9. The normalized spacial score (nSPS) is 21.1. The van der Waals surface area contributed by atoms with E-state index in [0.29, 0.717) is 34.9 Å². The van der Waals surface area contributed by atoms with Gasteiger partial charge in [-0.2, -0.15) is 0 Å². The second-order valence-electron chi connectivity index (χ2n) is 7.65. The molecule has 2 atom stereocenters. The average Bonchev–Trinajstić information content (AvgIpc) is 3.09. The number of hydrogen-bond donors (Lipinski definition) is 1. The molecule has 0 saturated carbocycles. The predicted octanol–water partition coefficient (Wildman–Crippen LogP) is 2.27. The maximum atomic E-state index is 12.3. The SMILES string of the molecule is COc1cc(CN2C[C@H]3CCc4c(nc(C)[nH]c4=O)[C@H]3C2)cc(OC)c1OC. The molecule has 2 aromatic rings. The number of aryl methyl sites for hydroxylation is 1. The lowest BCUT2D eigenvalue weighted by Crippen LogP contribution is -2.28. The van der Waals surface area contributed by atoms with Crippen LogP contribution in [-0.4, -0.2) is 49.3 Å². The van der Waals surface area contributed by atoms with E-state index in [1.807, 2.05) is 19.1 Å². The van der Waals surface area contributed by atoms with E-state index in [2.05, 4.69) is 9.88 Å². The molecule has 1 aliphatic heterocycles. The summed E-state index contributed by atoms with van der Waals surface area (Å²) in [4.78, 5) is 22.3. The first-order valence-corrected chi connectivity index (χ1v) is 9.65. The highest BCUT2D eigenvalue weighted by molar-refractivity contribution is 5.53. The minimum atomic E-state index is 0.0315. The fourth-order valence-corrected chi connectivity index (χ4v) is 4.69. The van der Waals surface area contributed by atoms with Crippen molar-refractivity contribution in [2.75, 3.05) is 34.4 Å². The molecule has 1 aromatic carbocycles. The van der Waals surface area contributed by atoms with Crippen molar-refractivity contribution < 1.29 is 14.2 Å². The number of rotatable bonds is 5. The molecule has 2 aliphatic rings. The molecule has 1 aromatic heterocycles. The number of hydrogen-bond acceptors (Lipinski definition) is 6. The molecule has 1 aliphatic carbocycles. The largest absolute Gasteiger partial charge is 0.493 e. The summed E-state index contributed by atoms with van der Waals surface area (Å²) in [5, 5.41) is 0. The highest BCUT2D eigenvalue weighted by Gasteiger charge is 2.39. The van der Waals surface area contributed by atoms with Gasteiger partial charge in [0.05, 0.1) is 27.0 Å². The summed E-state index contributed by atoms with van der Waals surface area (Å²) in [7, 11) is 4.88. The number of aromatic nitrogens is 2. The lowest BCUT2D eigenvalue weighted by Gasteiger charge is -2.25. The summed E-state index contributed by atoms with van der Waals surface area (Å²) >= 11 is 0. The topological polar surface area (TPSA) is 76.7 Å². The van der Waals surface area contributed by atoms with Gasteiger partial charge >= 0.3 is 0 Å². The van der Waals surface area contributed by atoms with Crippen LogP contribution in [0.2, 0.25) is 0 Å². The molecule has 4 rings (SSSR count). The smallest absolute Gasteiger partial charge is 0.254 e. The standard InChI is InChI=1S/C21H27N3O4/c1-12-22-19-15(21(25)23-12)6-5-14-10-24(11-16(14)19)9-13-7-17(26-2)20(28-4)18(8-13)27-3/h7-8,14,16H,5-6,9-11H2,1-4H3,(H,22,23,25)/t14-,16+/m1/s1. The van der Waals surface area contributed by atoms with Crippen LogP contribution in [0.25, 0.3) is 0 Å². The van der Waals surface area contributed by atoms with Gasteiger partial charge < -0.3 is 19.2 Å². The van der Waals surface area contributed by atoms with Crippen LogP contribution in [0.5, 0.6) is 17.2 Å². The van der Waals surface area contributed by atoms with Crippen molar-refractivity contribution in [1.29, 1.82) is 0 Å². The number of methoxy groups -OCH3 is 3. The number of H-pyrrole nitrogens is 1. The number of fused-ring (bicyclic) bond motifs is 3. The van der Waals surface area contributed by atoms with E-state index in [9.17, 15) is 4.79 Å². The highest BCUT2D eigenvalue weighted by Crippen LogP contribution is 2.42. The zero-order chi connectivity index (χ0) is 19.8. The molecule has 0 amide bonds. The second-order valence-corrected chi connectivity index (χ2v) is 7.65. The van der Waals surface area contributed by atoms with Gasteiger partial charge in [-0.3, -0.25) is 9.69 Å². The van der Waals surface area contributed by atoms with Gasteiger partial charge in [0.1, 0.15) is 5.82 Å². The van der Waals surface area contributed by atoms with E-state index in [0.717, 1.165) is 49.3 Å². The van der Waals surface area contributed by atoms with E-state index in [1.54, 1.807) is 21.3 Å². The first-order valence-electron chi connectivity index (χ1n) is 9.65. The Kier molecular flexibility index (Phi) is 5.02. The molecule has 1 N–H and O–H groups in total. The molecule has 28 heavy (non-hydrogen) atoms. The Morgan fingerprint density at radius 3 is 2.50 bits per heavy atom. The minimum absolute atomic E-state index is 0.0315. The van der Waals surface area contributed by atoms with Crippen LogP contribution in [0, 0.1) is 12.8 Å². The summed E-state index contributed by atoms with van der Waals surface area (Å²) in [6.07, 6.45) is 1.86. The van der Waals surface area contributed by atoms with Crippen LogP contribution in [0.1, 0.15) is 35.0 Å². The zero-order valence-corrected chi connectivity index (χ0v) is 16.9. The van der Waals surface area contributed by atoms with Crippen molar-refractivity contribution in [3.8, 4) is 17.2 Å². The van der Waals surface area contributed by atoms with Crippen LogP contribution in [0.4, 0.5) is 0 Å². The van der Waals surface area contributed by atoms with Gasteiger partial charge in [0, 0.05) is 31.1 Å². The average molecular weight is 385 g/mol. The molecule has 2 heterocycles. The Morgan fingerprint density at radius 1 is 1.14 bits per heavy atom. The van der Waals surface area contributed by atoms with Gasteiger partial charge in [0.25, 0.3) is 5.56 Å². The Hall–Kier alpha value is -2.54. The summed E-state index contributed by atoms with van der Waals surface area (Å²) in [5.41, 5.74) is 3.03. The number of nitrogens with zero attached hydrogens (tertiary/aromatic N) is 2. The summed E-state index contributed by atoms with van der Waals surface area (Å²) in [6.45, 7) is 4.56. The molecule has 0 radical (unpaired) electrons. The van der Waals surface area contributed by atoms with E-state index in [1.165, 1.54) is 0 Å². The molecule has 1 saturated heterocycles. The number of nitrogens with one attached hydrogen (secondary N) is 1. The van der Waals surface area contributed by atoms with Crippen LogP contribution in [0.15, 0.2) is 16.9 Å². The Balaban J connectivity index is 1.58. The maximum Gasteiger partial charge on any atom is 0.254 e. The molecule has 7 nitrogen and oxygen atoms in total. The number of ether oxygens (including phenoxy) is 3. The molecule has 7 heteroatoms. The molecule has 0 unspecified atom stereocenters. The van der Waals surface area contributed by atoms with Crippen molar-refractivity contribution in [3.05, 3.63) is 45.1 Å². The quantitative estimate of drug-likeness (QED) is 0.851. The third kappa shape index (κ3) is 3.24. The van der Waals surface area contributed by atoms with Gasteiger partial charge in [-0.25, -0.2) is 4.98 Å². The fraction of sp³-hybridized carbons (Fsp3) is 0.524. The fourth-order valence-electron chi connectivity index (χ4n) is 4.69. The minimum Gasteiger partial charge on any atom is -0.493 e. The highest BCUT2D eigenvalue weighted by atomic mass is 16.5. The number of benzene rings is 1. The van der Waals surface area contributed by atoms with Crippen LogP contribution < -0.4 is 19.8 Å². The summed E-state index contributed by atoms with van der Waals surface area (Å²) in [5.74, 6) is 3.52. The second kappa shape index (κ2) is 7.47. The lowest BCUT2D eigenvalue weighted by atomic mass is 9.80. The van der Waals surface area contributed by atoms with Crippen molar-refractivity contribution in [1.82, 2.24) is 14.9 Å². The molecule has 0 bridgehead atoms. The Labute approximate surface area is 164 Å². The monoisotopic (exact) mass is 385 g/mol. The van der Waals surface area contributed by atoms with Crippen molar-refractivity contribution >= 4 is 0 Å². The molecule has 0 spiro atoms. The van der Waals surface area contributed by atoms with Crippen molar-refractivity contribution in [2.24, 2.45) is 5.92 Å². The summed E-state index contributed by atoms with van der Waals surface area (Å²) < 4.78 is 16.4. The third-order valence-electron chi connectivity index (χ3n) is 5.93. The molecular weight excluding hydrogens is 358 g/mol. The van der Waals surface area contributed by atoms with E-state index in [-0.39, 0.29) is 5.56 Å². The van der Waals surface area contributed by atoms with Crippen molar-refractivity contribution in [3.63, 3.8) is 0 Å². The van der Waals surface area contributed by atoms with Crippen LogP contribution >= 0.6 is 0 Å². The van der Waals surface area contributed by atoms with Crippen molar-refractivity contribution in [2.45, 2.75) is 32.2 Å². The predicted molar refractivity (Wildman–Crippen MR) is 106 cm³/mol. The van der Waals surface area contributed by atoms with Crippen LogP contribution in [-0.2, 0) is 13.0 Å². The van der Waals surface area contributed by atoms with Gasteiger partial charge in [0.2, 0.25) is 5.75 Å². The van der Waals surface area contributed by atoms with Gasteiger partial charge in [-0.05, 0) is 43.4 Å². The first kappa shape index (κ1) is 18.8. The van der Waals surface area contributed by atoms with Gasteiger partial charge in [-0.1, -0.05) is 0 Å². The van der Waals surface area contributed by atoms with Crippen LogP contribution in [0.3, 0.4) is 0 Å². The Morgan fingerprint density at radius 2 is 1.86 bits per heavy atom. The number of aromatic amines is 1. The first-order chi connectivity index (χ1) is 13.5. The molecule has 1 fully saturated rings. The van der Waals surface area contributed by atoms with Gasteiger partial charge in [-0.15, -0.1) is 0 Å². The lowest BCUT2D eigenvalue weighted by molar-refractivity contribution is 0.305. The van der Waals surface area contributed by atoms with E-state index < -0.39 is 0 Å². The molecule has 150 valence electrons. The third-order valence-corrected chi connectivity index (χ3v) is 5.93. The Bertz CT molecular complexity index is 915. The number of likely N-dealkylation sites (tertiary alicyclic amines) is 1. The van der Waals surface area contributed by atoms with E-state index in [4.69, 9.17) is 19.2 Å². The molecular formula is C21H27N3O4. The van der Waals surface area contributed by atoms with Gasteiger partial charge in [0.15, 0.2) is 11.5 Å². The maximum absolute atomic E-state index is 12.3. The van der Waals surface area contributed by atoms with E-state index >= 15 is 0 Å². The summed E-state index contributed by atoms with van der Waals surface area (Å²) in [6, 6.07) is 4.01.